The van der Waals surface area contributed by atoms with Crippen LogP contribution >= 0.6 is 15.9 Å². The normalized spacial score (nSPS) is 10.4. The minimum absolute atomic E-state index is 0.0562. The molecule has 0 N–H and O–H groups in total. The van der Waals surface area contributed by atoms with Crippen LogP contribution in [0.2, 0.25) is 0 Å². The first-order valence-electron chi connectivity index (χ1n) is 7.13. The van der Waals surface area contributed by atoms with Crippen LogP contribution in [0.5, 0.6) is 0 Å². The van der Waals surface area contributed by atoms with Crippen molar-refractivity contribution in [2.45, 2.75) is 5.33 Å². The summed E-state index contributed by atoms with van der Waals surface area (Å²) in [6.45, 7) is 0. The van der Waals surface area contributed by atoms with Crippen molar-refractivity contribution < 1.29 is 4.79 Å². The van der Waals surface area contributed by atoms with Crippen LogP contribution in [0.25, 0.3) is 11.1 Å². The fourth-order valence-electron chi connectivity index (χ4n) is 2.36. The summed E-state index contributed by atoms with van der Waals surface area (Å²) in [6.07, 6.45) is 0. The third-order valence-electron chi connectivity index (χ3n) is 3.62. The lowest BCUT2D eigenvalue weighted by Gasteiger charge is -2.05. The Balaban J connectivity index is 1.84. The van der Waals surface area contributed by atoms with E-state index in [2.05, 4.69) is 28.1 Å². The molecule has 0 bridgehead atoms. The first kappa shape index (κ1) is 14.7. The van der Waals surface area contributed by atoms with Gasteiger partial charge < -0.3 is 0 Å². The van der Waals surface area contributed by atoms with E-state index in [0.717, 1.165) is 27.6 Å². The molecule has 0 saturated carbocycles. The standard InChI is InChI=1S/C20H15BrO/c21-14-15-6-8-18(9-7-15)20(22)19-12-10-17(11-13-19)16-4-2-1-3-5-16/h1-13H,14H2. The van der Waals surface area contributed by atoms with Gasteiger partial charge in [-0.3, -0.25) is 4.79 Å². The van der Waals surface area contributed by atoms with Crippen molar-refractivity contribution in [3.63, 3.8) is 0 Å². The third-order valence-corrected chi connectivity index (χ3v) is 4.27. The van der Waals surface area contributed by atoms with Crippen LogP contribution in [0.4, 0.5) is 0 Å². The summed E-state index contributed by atoms with van der Waals surface area (Å²) < 4.78 is 0. The lowest BCUT2D eigenvalue weighted by atomic mass is 9.99. The predicted molar refractivity (Wildman–Crippen MR) is 94.4 cm³/mol. The van der Waals surface area contributed by atoms with E-state index in [1.807, 2.05) is 66.7 Å². The number of halogens is 1. The van der Waals surface area contributed by atoms with E-state index < -0.39 is 0 Å². The summed E-state index contributed by atoms with van der Waals surface area (Å²) in [5.74, 6) is 0.0562. The van der Waals surface area contributed by atoms with Gasteiger partial charge in [-0.25, -0.2) is 0 Å². The predicted octanol–water partition coefficient (Wildman–Crippen LogP) is 5.48. The summed E-state index contributed by atoms with van der Waals surface area (Å²) in [7, 11) is 0. The topological polar surface area (TPSA) is 17.1 Å². The molecule has 3 aromatic rings. The zero-order valence-electron chi connectivity index (χ0n) is 12.0. The van der Waals surface area contributed by atoms with Gasteiger partial charge in [0.15, 0.2) is 5.78 Å². The van der Waals surface area contributed by atoms with E-state index in [4.69, 9.17) is 0 Å². The molecule has 0 aliphatic heterocycles. The molecule has 0 aromatic heterocycles. The lowest BCUT2D eigenvalue weighted by Crippen LogP contribution is -2.01. The van der Waals surface area contributed by atoms with Crippen molar-refractivity contribution >= 4 is 21.7 Å². The molecule has 0 amide bonds. The van der Waals surface area contributed by atoms with Crippen LogP contribution in [-0.2, 0) is 5.33 Å². The van der Waals surface area contributed by atoms with Crippen molar-refractivity contribution in [1.82, 2.24) is 0 Å². The Hall–Kier alpha value is -2.19. The van der Waals surface area contributed by atoms with E-state index >= 15 is 0 Å². The van der Waals surface area contributed by atoms with Crippen LogP contribution in [0.3, 0.4) is 0 Å². The zero-order valence-corrected chi connectivity index (χ0v) is 13.6. The van der Waals surface area contributed by atoms with E-state index in [1.165, 1.54) is 0 Å². The Morgan fingerprint density at radius 1 is 0.682 bits per heavy atom. The van der Waals surface area contributed by atoms with Crippen molar-refractivity contribution in [3.05, 3.63) is 95.6 Å². The molecule has 1 nitrogen and oxygen atoms in total. The highest BCUT2D eigenvalue weighted by Crippen LogP contribution is 2.20. The average molecular weight is 351 g/mol. The van der Waals surface area contributed by atoms with Gasteiger partial charge in [-0.05, 0) is 16.7 Å². The first-order chi connectivity index (χ1) is 10.8. The van der Waals surface area contributed by atoms with Crippen molar-refractivity contribution in [1.29, 1.82) is 0 Å². The number of hydrogen-bond acceptors (Lipinski definition) is 1. The highest BCUT2D eigenvalue weighted by Gasteiger charge is 2.09. The largest absolute Gasteiger partial charge is 0.289 e. The molecule has 0 heterocycles. The van der Waals surface area contributed by atoms with Gasteiger partial charge in [0.1, 0.15) is 0 Å². The van der Waals surface area contributed by atoms with Crippen molar-refractivity contribution in [2.75, 3.05) is 0 Å². The van der Waals surface area contributed by atoms with E-state index in [-0.39, 0.29) is 5.78 Å². The van der Waals surface area contributed by atoms with Crippen molar-refractivity contribution in [3.8, 4) is 11.1 Å². The Morgan fingerprint density at radius 2 is 1.18 bits per heavy atom. The maximum atomic E-state index is 12.5. The van der Waals surface area contributed by atoms with Gasteiger partial charge in [-0.1, -0.05) is 94.8 Å². The monoisotopic (exact) mass is 350 g/mol. The smallest absolute Gasteiger partial charge is 0.193 e. The zero-order chi connectivity index (χ0) is 15.4. The SMILES string of the molecule is O=C(c1ccc(CBr)cc1)c1ccc(-c2ccccc2)cc1. The van der Waals surface area contributed by atoms with Crippen LogP contribution < -0.4 is 0 Å². The summed E-state index contributed by atoms with van der Waals surface area (Å²) in [5.41, 5.74) is 4.87. The number of benzene rings is 3. The maximum Gasteiger partial charge on any atom is 0.193 e. The van der Waals surface area contributed by atoms with Crippen molar-refractivity contribution in [2.24, 2.45) is 0 Å². The Morgan fingerprint density at radius 3 is 1.73 bits per heavy atom. The van der Waals surface area contributed by atoms with Crippen LogP contribution in [-0.4, -0.2) is 5.78 Å². The van der Waals surface area contributed by atoms with Gasteiger partial charge in [0.05, 0.1) is 0 Å². The Kier molecular flexibility index (Phi) is 4.50. The highest BCUT2D eigenvalue weighted by atomic mass is 79.9. The molecule has 0 saturated heterocycles. The van der Waals surface area contributed by atoms with E-state index in [1.54, 1.807) is 0 Å². The molecule has 0 unspecified atom stereocenters. The van der Waals surface area contributed by atoms with Crippen LogP contribution in [0.15, 0.2) is 78.9 Å². The van der Waals surface area contributed by atoms with Gasteiger partial charge in [0.25, 0.3) is 0 Å². The van der Waals surface area contributed by atoms with E-state index in [9.17, 15) is 4.79 Å². The second-order valence-electron chi connectivity index (χ2n) is 5.10. The second kappa shape index (κ2) is 6.71. The van der Waals surface area contributed by atoms with Gasteiger partial charge in [0.2, 0.25) is 0 Å². The number of hydrogen-bond donors (Lipinski definition) is 0. The van der Waals surface area contributed by atoms with Gasteiger partial charge in [-0.2, -0.15) is 0 Å². The summed E-state index contributed by atoms with van der Waals surface area (Å²) in [6, 6.07) is 25.6. The summed E-state index contributed by atoms with van der Waals surface area (Å²) in [4.78, 5) is 12.5. The molecule has 108 valence electrons. The molecule has 0 radical (unpaired) electrons. The molecule has 0 atom stereocenters. The highest BCUT2D eigenvalue weighted by molar-refractivity contribution is 9.08. The molecule has 0 spiro atoms. The summed E-state index contributed by atoms with van der Waals surface area (Å²) >= 11 is 3.41. The fraction of sp³-hybridized carbons (Fsp3) is 0.0500. The molecule has 2 heteroatoms. The molecule has 22 heavy (non-hydrogen) atoms. The second-order valence-corrected chi connectivity index (χ2v) is 5.66. The fourth-order valence-corrected chi connectivity index (χ4v) is 2.73. The molecule has 3 aromatic carbocycles. The molecule has 0 aliphatic carbocycles. The van der Waals surface area contributed by atoms with Crippen LogP contribution in [0, 0.1) is 0 Å². The lowest BCUT2D eigenvalue weighted by molar-refractivity contribution is 0.103. The molecular weight excluding hydrogens is 336 g/mol. The minimum Gasteiger partial charge on any atom is -0.289 e. The maximum absolute atomic E-state index is 12.5. The number of carbonyl (C=O) groups excluding carboxylic acids is 1. The van der Waals surface area contributed by atoms with E-state index in [0.29, 0.717) is 5.56 Å². The number of rotatable bonds is 4. The quantitative estimate of drug-likeness (QED) is 0.449. The van der Waals surface area contributed by atoms with Gasteiger partial charge >= 0.3 is 0 Å². The number of ketones is 1. The van der Waals surface area contributed by atoms with Gasteiger partial charge in [0, 0.05) is 16.5 Å². The Bertz CT molecular complexity index is 759. The summed E-state index contributed by atoms with van der Waals surface area (Å²) in [5, 5.41) is 0.799. The first-order valence-corrected chi connectivity index (χ1v) is 8.25. The molecule has 0 fully saturated rings. The average Bonchev–Trinajstić information content (AvgIpc) is 2.62. The number of carbonyl (C=O) groups is 1. The molecule has 0 aliphatic rings. The number of alkyl halides is 1. The molecule has 3 rings (SSSR count). The molecular formula is C20H15BrO. The van der Waals surface area contributed by atoms with Gasteiger partial charge in [-0.15, -0.1) is 0 Å². The van der Waals surface area contributed by atoms with Crippen LogP contribution in [0.1, 0.15) is 21.5 Å². The third kappa shape index (κ3) is 3.18. The Labute approximate surface area is 138 Å². The minimum atomic E-state index is 0.0562.